The number of halogens is 1. The number of fused-ring (bicyclic) bond motifs is 1. The Bertz CT molecular complexity index is 1070. The molecule has 5 N–H and O–H groups in total. The lowest BCUT2D eigenvalue weighted by Crippen LogP contribution is -2.50. The summed E-state index contributed by atoms with van der Waals surface area (Å²) in [5.74, 6) is -1.08. The summed E-state index contributed by atoms with van der Waals surface area (Å²) in [5, 5.41) is 21.7. The van der Waals surface area contributed by atoms with E-state index in [1.165, 1.54) is 4.68 Å². The van der Waals surface area contributed by atoms with Gasteiger partial charge >= 0.3 is 0 Å². The van der Waals surface area contributed by atoms with Gasteiger partial charge in [0.2, 0.25) is 5.91 Å². The Labute approximate surface area is 179 Å². The van der Waals surface area contributed by atoms with Crippen molar-refractivity contribution in [2.45, 2.75) is 32.7 Å². The third-order valence-corrected chi connectivity index (χ3v) is 4.95. The maximum Gasteiger partial charge on any atom is 0.269 e. The number of benzene rings is 2. The molecular formula is C21H24ClN5O3. The van der Waals surface area contributed by atoms with E-state index in [0.717, 1.165) is 0 Å². The minimum Gasteiger partial charge on any atom is -0.372 e. The monoisotopic (exact) mass is 429 g/mol. The minimum absolute atomic E-state index is 0.0637. The zero-order valence-corrected chi connectivity index (χ0v) is 17.4. The number of rotatable bonds is 8. The lowest BCUT2D eigenvalue weighted by molar-refractivity contribution is -0.123. The quantitative estimate of drug-likeness (QED) is 0.409. The summed E-state index contributed by atoms with van der Waals surface area (Å²) < 4.78 is 1.43. The molecule has 1 heterocycles. The van der Waals surface area contributed by atoms with Gasteiger partial charge in [-0.25, -0.2) is 0 Å². The summed E-state index contributed by atoms with van der Waals surface area (Å²) in [6, 6.07) is 13.4. The number of nitrogens with two attached hydrogens (primary N) is 1. The highest BCUT2D eigenvalue weighted by Gasteiger charge is 2.25. The lowest BCUT2D eigenvalue weighted by Gasteiger charge is -2.28. The summed E-state index contributed by atoms with van der Waals surface area (Å²) in [6.45, 7) is 3.66. The first kappa shape index (κ1) is 21.6. The van der Waals surface area contributed by atoms with E-state index in [4.69, 9.17) is 17.3 Å². The van der Waals surface area contributed by atoms with Crippen LogP contribution < -0.4 is 16.4 Å². The molecule has 0 saturated carbocycles. The Balaban J connectivity index is 1.74. The number of para-hydroxylation sites is 1. The highest BCUT2D eigenvalue weighted by Crippen LogP contribution is 2.19. The normalized spacial score (nSPS) is 13.2. The van der Waals surface area contributed by atoms with E-state index in [1.54, 1.807) is 48.5 Å². The SMILES string of the molecule is CC(C)[C@H](NC(=O)Cn1nc(C(N)=O)c2ccccc21)C(O)Nc1cccc(Cl)c1. The van der Waals surface area contributed by atoms with Gasteiger partial charge in [0.1, 0.15) is 12.8 Å². The Morgan fingerprint density at radius 1 is 1.20 bits per heavy atom. The molecule has 1 unspecified atom stereocenters. The lowest BCUT2D eigenvalue weighted by atomic mass is 10.0. The highest BCUT2D eigenvalue weighted by atomic mass is 35.5. The number of anilines is 1. The van der Waals surface area contributed by atoms with Gasteiger partial charge in [-0.05, 0) is 30.2 Å². The van der Waals surface area contributed by atoms with Crippen LogP contribution in [0, 0.1) is 5.92 Å². The van der Waals surface area contributed by atoms with Gasteiger partial charge in [-0.3, -0.25) is 14.3 Å². The van der Waals surface area contributed by atoms with Crippen LogP contribution in [-0.4, -0.2) is 39.0 Å². The van der Waals surface area contributed by atoms with Crippen molar-refractivity contribution < 1.29 is 14.7 Å². The number of nitrogens with one attached hydrogen (secondary N) is 2. The fourth-order valence-corrected chi connectivity index (χ4v) is 3.44. The summed E-state index contributed by atoms with van der Waals surface area (Å²) in [7, 11) is 0. The van der Waals surface area contributed by atoms with E-state index in [-0.39, 0.29) is 24.1 Å². The topological polar surface area (TPSA) is 122 Å². The number of hydrogen-bond acceptors (Lipinski definition) is 5. The van der Waals surface area contributed by atoms with Crippen molar-refractivity contribution in [3.8, 4) is 0 Å². The van der Waals surface area contributed by atoms with Crippen molar-refractivity contribution in [3.63, 3.8) is 0 Å². The number of aliphatic hydroxyl groups is 1. The van der Waals surface area contributed by atoms with Gasteiger partial charge in [-0.2, -0.15) is 5.10 Å². The van der Waals surface area contributed by atoms with Gasteiger partial charge in [0.25, 0.3) is 5.91 Å². The second-order valence-electron chi connectivity index (χ2n) is 7.32. The number of carbonyl (C=O) groups excluding carboxylic acids is 2. The summed E-state index contributed by atoms with van der Waals surface area (Å²) >= 11 is 5.98. The highest BCUT2D eigenvalue weighted by molar-refractivity contribution is 6.30. The average molecular weight is 430 g/mol. The number of carbonyl (C=O) groups is 2. The molecule has 8 nitrogen and oxygen atoms in total. The van der Waals surface area contributed by atoms with Crippen LogP contribution >= 0.6 is 11.6 Å². The molecule has 3 rings (SSSR count). The Morgan fingerprint density at radius 3 is 2.60 bits per heavy atom. The van der Waals surface area contributed by atoms with Gasteiger partial charge in [-0.15, -0.1) is 0 Å². The van der Waals surface area contributed by atoms with Crippen LogP contribution in [0.15, 0.2) is 48.5 Å². The molecule has 30 heavy (non-hydrogen) atoms. The summed E-state index contributed by atoms with van der Waals surface area (Å²) in [6.07, 6.45) is -1.04. The zero-order chi connectivity index (χ0) is 21.8. The first-order chi connectivity index (χ1) is 14.3. The second-order valence-corrected chi connectivity index (χ2v) is 7.76. The van der Waals surface area contributed by atoms with Gasteiger partial charge in [-0.1, -0.05) is 49.7 Å². The molecule has 0 aliphatic rings. The number of primary amides is 1. The smallest absolute Gasteiger partial charge is 0.269 e. The molecule has 0 saturated heterocycles. The largest absolute Gasteiger partial charge is 0.372 e. The third kappa shape index (κ3) is 4.90. The van der Waals surface area contributed by atoms with Crippen molar-refractivity contribution in [3.05, 3.63) is 59.2 Å². The maximum atomic E-state index is 12.7. The van der Waals surface area contributed by atoms with Crippen molar-refractivity contribution >= 4 is 40.0 Å². The van der Waals surface area contributed by atoms with E-state index >= 15 is 0 Å². The zero-order valence-electron chi connectivity index (χ0n) is 16.7. The predicted octanol–water partition coefficient (Wildman–Crippen LogP) is 2.36. The molecule has 0 radical (unpaired) electrons. The van der Waals surface area contributed by atoms with Crippen molar-refractivity contribution in [1.82, 2.24) is 15.1 Å². The number of amides is 2. The van der Waals surface area contributed by atoms with Crippen LogP contribution in [-0.2, 0) is 11.3 Å². The molecule has 9 heteroatoms. The van der Waals surface area contributed by atoms with Crippen molar-refractivity contribution in [2.24, 2.45) is 11.7 Å². The minimum atomic E-state index is -1.04. The molecule has 0 aliphatic heterocycles. The van der Waals surface area contributed by atoms with Crippen LogP contribution in [0.5, 0.6) is 0 Å². The molecule has 1 aromatic heterocycles. The Kier molecular flexibility index (Phi) is 6.59. The molecule has 0 aliphatic carbocycles. The molecule has 0 bridgehead atoms. The number of nitrogens with zero attached hydrogens (tertiary/aromatic N) is 2. The van der Waals surface area contributed by atoms with E-state index in [1.807, 2.05) is 13.8 Å². The van der Waals surface area contributed by atoms with Gasteiger partial charge < -0.3 is 21.5 Å². The van der Waals surface area contributed by atoms with Crippen molar-refractivity contribution in [2.75, 3.05) is 5.32 Å². The maximum absolute atomic E-state index is 12.7. The van der Waals surface area contributed by atoms with Crippen LogP contribution in [0.4, 0.5) is 5.69 Å². The van der Waals surface area contributed by atoms with E-state index < -0.39 is 18.2 Å². The molecule has 2 atom stereocenters. The number of hydrogen-bond donors (Lipinski definition) is 4. The standard InChI is InChI=1S/C21H24ClN5O3/c1-12(2)18(21(30)24-14-7-5-6-13(22)10-14)25-17(28)11-27-16-9-4-3-8-15(16)19(26-27)20(23)29/h3-10,12,18,21,24,30H,11H2,1-2H3,(H2,23,29)(H,25,28)/t18-,21?/m0/s1. The van der Waals surface area contributed by atoms with E-state index in [0.29, 0.717) is 21.6 Å². The molecule has 3 aromatic rings. The first-order valence-electron chi connectivity index (χ1n) is 9.51. The number of aromatic nitrogens is 2. The molecule has 0 spiro atoms. The Morgan fingerprint density at radius 2 is 1.93 bits per heavy atom. The van der Waals surface area contributed by atoms with Crippen LogP contribution in [0.3, 0.4) is 0 Å². The molecule has 2 aromatic carbocycles. The molecule has 0 fully saturated rings. The van der Waals surface area contributed by atoms with E-state index in [9.17, 15) is 14.7 Å². The first-order valence-corrected chi connectivity index (χ1v) is 9.89. The van der Waals surface area contributed by atoms with Gasteiger partial charge in [0.05, 0.1) is 11.6 Å². The number of aliphatic hydroxyl groups excluding tert-OH is 1. The third-order valence-electron chi connectivity index (χ3n) is 4.71. The van der Waals surface area contributed by atoms with Crippen LogP contribution in [0.2, 0.25) is 5.02 Å². The van der Waals surface area contributed by atoms with Crippen LogP contribution in [0.25, 0.3) is 10.9 Å². The average Bonchev–Trinajstić information content (AvgIpc) is 3.04. The molecule has 2 amide bonds. The fraction of sp³-hybridized carbons (Fsp3) is 0.286. The van der Waals surface area contributed by atoms with Gasteiger partial charge in [0.15, 0.2) is 5.69 Å². The fourth-order valence-electron chi connectivity index (χ4n) is 3.25. The molecular weight excluding hydrogens is 406 g/mol. The van der Waals surface area contributed by atoms with Crippen LogP contribution in [0.1, 0.15) is 24.3 Å². The van der Waals surface area contributed by atoms with Crippen molar-refractivity contribution in [1.29, 1.82) is 0 Å². The van der Waals surface area contributed by atoms with Gasteiger partial charge in [0, 0.05) is 16.1 Å². The predicted molar refractivity (Wildman–Crippen MR) is 116 cm³/mol. The second kappa shape index (κ2) is 9.15. The Hall–Kier alpha value is -3.10. The molecule has 158 valence electrons. The summed E-state index contributed by atoms with van der Waals surface area (Å²) in [5.41, 5.74) is 6.78. The summed E-state index contributed by atoms with van der Waals surface area (Å²) in [4.78, 5) is 24.4. The van der Waals surface area contributed by atoms with E-state index in [2.05, 4.69) is 15.7 Å².